The zero-order valence-electron chi connectivity index (χ0n) is 14.8. The zero-order chi connectivity index (χ0) is 18.8. The van der Waals surface area contributed by atoms with Gasteiger partial charge < -0.3 is 21.1 Å². The monoisotopic (exact) mass is 388 g/mol. The van der Waals surface area contributed by atoms with E-state index in [9.17, 15) is 9.90 Å². The van der Waals surface area contributed by atoms with Crippen molar-refractivity contribution in [3.05, 3.63) is 33.8 Å². The van der Waals surface area contributed by atoms with Crippen LogP contribution in [0.1, 0.15) is 32.4 Å². The Kier molecular flexibility index (Phi) is 9.63. The van der Waals surface area contributed by atoms with Gasteiger partial charge in [-0.3, -0.25) is 9.79 Å². The van der Waals surface area contributed by atoms with Gasteiger partial charge in [0.25, 0.3) is 0 Å². The highest BCUT2D eigenvalue weighted by molar-refractivity contribution is 6.34. The van der Waals surface area contributed by atoms with Crippen LogP contribution < -0.4 is 16.0 Å². The molecule has 1 aromatic rings. The number of hydrogen-bond donors (Lipinski definition) is 4. The Labute approximate surface area is 159 Å². The number of guanidine groups is 1. The quantitative estimate of drug-likeness (QED) is 0.312. The Bertz CT molecular complexity index is 574. The lowest BCUT2D eigenvalue weighted by Crippen LogP contribution is -2.42. The number of aliphatic imine (C=N–C) groups is 1. The molecule has 0 heterocycles. The van der Waals surface area contributed by atoms with Crippen LogP contribution in [0.4, 0.5) is 0 Å². The average molecular weight is 389 g/mol. The van der Waals surface area contributed by atoms with Crippen molar-refractivity contribution in [2.75, 3.05) is 26.2 Å². The van der Waals surface area contributed by atoms with Crippen LogP contribution in [-0.2, 0) is 4.79 Å². The fourth-order valence-corrected chi connectivity index (χ4v) is 2.51. The predicted octanol–water partition coefficient (Wildman–Crippen LogP) is 2.35. The van der Waals surface area contributed by atoms with Gasteiger partial charge in [-0.2, -0.15) is 0 Å². The molecule has 0 saturated heterocycles. The number of carbonyl (C=O) groups excluding carboxylic acids is 1. The largest absolute Gasteiger partial charge is 0.386 e. The summed E-state index contributed by atoms with van der Waals surface area (Å²) in [6.07, 6.45) is -0.813. The highest BCUT2D eigenvalue weighted by Crippen LogP contribution is 2.23. The Hall–Kier alpha value is -1.50. The lowest BCUT2D eigenvalue weighted by molar-refractivity contribution is -0.123. The SMILES string of the molecule is CCNC(=NCC(O)c1cc(Cl)cc(Cl)c1)NCCNC(=O)C(C)C. The summed E-state index contributed by atoms with van der Waals surface area (Å²) in [7, 11) is 0. The number of rotatable bonds is 8. The van der Waals surface area contributed by atoms with Gasteiger partial charge in [-0.05, 0) is 30.7 Å². The van der Waals surface area contributed by atoms with Crippen LogP contribution >= 0.6 is 23.2 Å². The number of nitrogens with zero attached hydrogens (tertiary/aromatic N) is 1. The van der Waals surface area contributed by atoms with E-state index in [4.69, 9.17) is 23.2 Å². The normalized spacial score (nSPS) is 12.8. The second-order valence-corrected chi connectivity index (χ2v) is 6.68. The van der Waals surface area contributed by atoms with Crippen LogP contribution in [0.5, 0.6) is 0 Å². The van der Waals surface area contributed by atoms with Gasteiger partial charge in [0.15, 0.2) is 5.96 Å². The fraction of sp³-hybridized carbons (Fsp3) is 0.529. The summed E-state index contributed by atoms with van der Waals surface area (Å²) in [5.74, 6) is 0.534. The van der Waals surface area contributed by atoms with Gasteiger partial charge in [-0.15, -0.1) is 0 Å². The molecule has 0 saturated carbocycles. The first-order chi connectivity index (χ1) is 11.8. The van der Waals surface area contributed by atoms with Gasteiger partial charge in [-0.25, -0.2) is 0 Å². The van der Waals surface area contributed by atoms with Gasteiger partial charge in [0.1, 0.15) is 0 Å². The fourth-order valence-electron chi connectivity index (χ4n) is 1.96. The van der Waals surface area contributed by atoms with Crippen LogP contribution in [0.3, 0.4) is 0 Å². The van der Waals surface area contributed by atoms with Crippen molar-refractivity contribution >= 4 is 35.1 Å². The van der Waals surface area contributed by atoms with Gasteiger partial charge in [0.2, 0.25) is 5.91 Å². The molecule has 1 rings (SSSR count). The predicted molar refractivity (Wildman–Crippen MR) is 103 cm³/mol. The summed E-state index contributed by atoms with van der Waals surface area (Å²) in [4.78, 5) is 15.8. The Morgan fingerprint density at radius 2 is 1.72 bits per heavy atom. The van der Waals surface area contributed by atoms with Gasteiger partial charge in [0.05, 0.1) is 12.6 Å². The molecule has 1 amide bonds. The molecule has 1 unspecified atom stereocenters. The smallest absolute Gasteiger partial charge is 0.222 e. The van der Waals surface area contributed by atoms with E-state index in [1.165, 1.54) is 0 Å². The first-order valence-corrected chi connectivity index (χ1v) is 9.03. The minimum atomic E-state index is -0.813. The number of aliphatic hydroxyl groups is 1. The summed E-state index contributed by atoms with van der Waals surface area (Å²) in [6, 6.07) is 4.94. The molecule has 0 aliphatic rings. The summed E-state index contributed by atoms with van der Waals surface area (Å²) < 4.78 is 0. The van der Waals surface area contributed by atoms with Crippen LogP contribution in [0.25, 0.3) is 0 Å². The number of amides is 1. The van der Waals surface area contributed by atoms with Crippen LogP contribution in [0.2, 0.25) is 10.0 Å². The van der Waals surface area contributed by atoms with E-state index in [-0.39, 0.29) is 18.4 Å². The number of benzene rings is 1. The zero-order valence-corrected chi connectivity index (χ0v) is 16.3. The first-order valence-electron chi connectivity index (χ1n) is 8.27. The van der Waals surface area contributed by atoms with Crippen molar-refractivity contribution < 1.29 is 9.90 Å². The summed E-state index contributed by atoms with van der Waals surface area (Å²) >= 11 is 11.9. The molecule has 0 fully saturated rings. The van der Waals surface area contributed by atoms with Crippen molar-refractivity contribution in [3.63, 3.8) is 0 Å². The van der Waals surface area contributed by atoms with Gasteiger partial charge >= 0.3 is 0 Å². The molecule has 0 bridgehead atoms. The number of carbonyl (C=O) groups is 1. The first kappa shape index (κ1) is 21.5. The summed E-state index contributed by atoms with van der Waals surface area (Å²) in [5, 5.41) is 20.2. The molecular weight excluding hydrogens is 363 g/mol. The lowest BCUT2D eigenvalue weighted by Gasteiger charge is -2.14. The maximum Gasteiger partial charge on any atom is 0.222 e. The Morgan fingerprint density at radius 3 is 2.28 bits per heavy atom. The minimum Gasteiger partial charge on any atom is -0.386 e. The highest BCUT2D eigenvalue weighted by Gasteiger charge is 2.10. The van der Waals surface area contributed by atoms with E-state index in [2.05, 4.69) is 20.9 Å². The number of aliphatic hydroxyl groups excluding tert-OH is 1. The maximum absolute atomic E-state index is 11.5. The second-order valence-electron chi connectivity index (χ2n) is 5.81. The molecule has 4 N–H and O–H groups in total. The van der Waals surface area contributed by atoms with E-state index in [0.29, 0.717) is 41.2 Å². The molecule has 0 aromatic heterocycles. The summed E-state index contributed by atoms with van der Waals surface area (Å²) in [6.45, 7) is 7.51. The third-order valence-corrected chi connectivity index (χ3v) is 3.71. The van der Waals surface area contributed by atoms with E-state index in [1.807, 2.05) is 20.8 Å². The Morgan fingerprint density at radius 1 is 1.12 bits per heavy atom. The number of nitrogens with one attached hydrogen (secondary N) is 3. The van der Waals surface area contributed by atoms with Crippen molar-refractivity contribution in [2.45, 2.75) is 26.9 Å². The molecule has 1 aromatic carbocycles. The molecule has 140 valence electrons. The molecule has 8 heteroatoms. The van der Waals surface area contributed by atoms with E-state index in [0.717, 1.165) is 0 Å². The van der Waals surface area contributed by atoms with E-state index >= 15 is 0 Å². The topological polar surface area (TPSA) is 85.8 Å². The second kappa shape index (κ2) is 11.2. The van der Waals surface area contributed by atoms with Crippen molar-refractivity contribution in [3.8, 4) is 0 Å². The maximum atomic E-state index is 11.5. The van der Waals surface area contributed by atoms with Gasteiger partial charge in [-0.1, -0.05) is 37.0 Å². The molecule has 0 radical (unpaired) electrons. The third kappa shape index (κ3) is 8.43. The highest BCUT2D eigenvalue weighted by atomic mass is 35.5. The van der Waals surface area contributed by atoms with Crippen molar-refractivity contribution in [2.24, 2.45) is 10.9 Å². The molecule has 0 spiro atoms. The summed E-state index contributed by atoms with van der Waals surface area (Å²) in [5.41, 5.74) is 0.612. The van der Waals surface area contributed by atoms with Crippen LogP contribution in [0, 0.1) is 5.92 Å². The average Bonchev–Trinajstić information content (AvgIpc) is 2.54. The third-order valence-electron chi connectivity index (χ3n) is 3.28. The molecule has 0 aliphatic carbocycles. The minimum absolute atomic E-state index is 0.0111. The van der Waals surface area contributed by atoms with Crippen molar-refractivity contribution in [1.82, 2.24) is 16.0 Å². The lowest BCUT2D eigenvalue weighted by atomic mass is 10.1. The molecule has 0 aliphatic heterocycles. The Balaban J connectivity index is 2.55. The molecule has 25 heavy (non-hydrogen) atoms. The standard InChI is InChI=1S/C17H26Cl2N4O2/c1-4-20-17(22-6-5-21-16(25)11(2)3)23-10-15(24)12-7-13(18)9-14(19)8-12/h7-9,11,15,24H,4-6,10H2,1-3H3,(H,21,25)(H2,20,22,23). The van der Waals surface area contributed by atoms with Crippen LogP contribution in [-0.4, -0.2) is 43.2 Å². The number of hydrogen-bond acceptors (Lipinski definition) is 3. The van der Waals surface area contributed by atoms with E-state index in [1.54, 1.807) is 18.2 Å². The van der Waals surface area contributed by atoms with Crippen LogP contribution in [0.15, 0.2) is 23.2 Å². The van der Waals surface area contributed by atoms with Crippen molar-refractivity contribution in [1.29, 1.82) is 0 Å². The van der Waals surface area contributed by atoms with E-state index < -0.39 is 6.10 Å². The molecule has 1 atom stereocenters. The molecule has 6 nitrogen and oxygen atoms in total. The molecular formula is C17H26Cl2N4O2. The van der Waals surface area contributed by atoms with Gasteiger partial charge in [0, 0.05) is 35.6 Å². The number of halogens is 2.